The van der Waals surface area contributed by atoms with Crippen LogP contribution in [0.15, 0.2) is 53.7 Å². The molecule has 4 aromatic rings. The Labute approximate surface area is 269 Å². The maximum absolute atomic E-state index is 13.4. The SMILES string of the molecule is CCOC(=O)c1c(NC(=O)[C@@H](C)Sc2nnc(CNC(=O)c3cc(OC)cc(OC)c3)n2Cc2ccccc2)sc2c1CCC2. The van der Waals surface area contributed by atoms with Crippen molar-refractivity contribution in [2.45, 2.75) is 56.6 Å². The van der Waals surface area contributed by atoms with Gasteiger partial charge in [-0.1, -0.05) is 42.1 Å². The minimum absolute atomic E-state index is 0.100. The molecule has 0 saturated heterocycles. The van der Waals surface area contributed by atoms with Gasteiger partial charge in [-0.2, -0.15) is 0 Å². The third-order valence-electron chi connectivity index (χ3n) is 7.29. The Morgan fingerprint density at radius 1 is 1.04 bits per heavy atom. The smallest absolute Gasteiger partial charge is 0.341 e. The monoisotopic (exact) mass is 649 g/mol. The second-order valence-corrected chi connectivity index (χ2v) is 12.7. The Hall–Kier alpha value is -4.36. The molecule has 2 heterocycles. The molecule has 2 amide bonds. The normalized spacial score (nSPS) is 12.7. The molecule has 0 aliphatic heterocycles. The van der Waals surface area contributed by atoms with E-state index >= 15 is 0 Å². The van der Waals surface area contributed by atoms with Crippen LogP contribution in [-0.2, 0) is 35.5 Å². The van der Waals surface area contributed by atoms with E-state index in [9.17, 15) is 14.4 Å². The zero-order valence-electron chi connectivity index (χ0n) is 25.5. The summed E-state index contributed by atoms with van der Waals surface area (Å²) in [6, 6.07) is 14.8. The quantitative estimate of drug-likeness (QED) is 0.150. The van der Waals surface area contributed by atoms with Crippen LogP contribution in [0.25, 0.3) is 0 Å². The van der Waals surface area contributed by atoms with Gasteiger partial charge >= 0.3 is 5.97 Å². The number of fused-ring (bicyclic) bond motifs is 1. The number of methoxy groups -OCH3 is 2. The Morgan fingerprint density at radius 3 is 2.47 bits per heavy atom. The van der Waals surface area contributed by atoms with Crippen LogP contribution in [0.4, 0.5) is 5.00 Å². The number of rotatable bonds is 13. The molecule has 236 valence electrons. The number of benzene rings is 2. The van der Waals surface area contributed by atoms with Crippen LogP contribution in [0.3, 0.4) is 0 Å². The van der Waals surface area contributed by atoms with E-state index in [2.05, 4.69) is 20.8 Å². The number of carbonyl (C=O) groups excluding carboxylic acids is 3. The third-order valence-corrected chi connectivity index (χ3v) is 9.57. The van der Waals surface area contributed by atoms with Gasteiger partial charge in [0.15, 0.2) is 11.0 Å². The Balaban J connectivity index is 1.33. The summed E-state index contributed by atoms with van der Waals surface area (Å²) in [5.41, 5.74) is 2.84. The summed E-state index contributed by atoms with van der Waals surface area (Å²) in [6.45, 7) is 4.35. The van der Waals surface area contributed by atoms with E-state index in [-0.39, 0.29) is 25.0 Å². The lowest BCUT2D eigenvalue weighted by Gasteiger charge is -2.15. The standard InChI is InChI=1S/C32H35N5O6S2/c1-5-43-31(40)27-24-12-9-13-25(24)45-30(27)34-28(38)19(2)44-32-36-35-26(37(32)18-20-10-7-6-8-11-20)17-33-29(39)21-14-22(41-3)16-23(15-21)42-4/h6-8,10-11,14-16,19H,5,9,12-13,17-18H2,1-4H3,(H,33,39)(H,34,38)/t19-/m1/s1. The van der Waals surface area contributed by atoms with Crippen LogP contribution < -0.4 is 20.1 Å². The van der Waals surface area contributed by atoms with E-state index in [4.69, 9.17) is 14.2 Å². The van der Waals surface area contributed by atoms with Crippen LogP contribution >= 0.6 is 23.1 Å². The number of amides is 2. The van der Waals surface area contributed by atoms with Gasteiger partial charge in [-0.15, -0.1) is 21.5 Å². The number of thioether (sulfide) groups is 1. The number of anilines is 1. The Bertz CT molecular complexity index is 1660. The highest BCUT2D eigenvalue weighted by Gasteiger charge is 2.30. The predicted octanol–water partition coefficient (Wildman–Crippen LogP) is 5.12. The Kier molecular flexibility index (Phi) is 10.4. The molecule has 0 saturated carbocycles. The summed E-state index contributed by atoms with van der Waals surface area (Å²) in [5.74, 6) is 0.523. The number of thiophene rings is 1. The largest absolute Gasteiger partial charge is 0.497 e. The van der Waals surface area contributed by atoms with Crippen molar-refractivity contribution < 1.29 is 28.6 Å². The molecule has 0 fully saturated rings. The molecule has 0 unspecified atom stereocenters. The fraction of sp³-hybridized carbons (Fsp3) is 0.344. The Morgan fingerprint density at radius 2 is 1.78 bits per heavy atom. The number of aryl methyl sites for hydroxylation is 1. The van der Waals surface area contributed by atoms with Crippen molar-refractivity contribution in [1.29, 1.82) is 0 Å². The molecule has 2 aromatic carbocycles. The minimum Gasteiger partial charge on any atom is -0.497 e. The van der Waals surface area contributed by atoms with Crippen LogP contribution in [0.5, 0.6) is 11.5 Å². The van der Waals surface area contributed by atoms with E-state index in [1.54, 1.807) is 32.0 Å². The van der Waals surface area contributed by atoms with Crippen molar-refractivity contribution in [1.82, 2.24) is 20.1 Å². The van der Waals surface area contributed by atoms with Gasteiger partial charge in [0.2, 0.25) is 5.91 Å². The molecule has 5 rings (SSSR count). The molecule has 2 aromatic heterocycles. The van der Waals surface area contributed by atoms with E-state index in [1.165, 1.54) is 37.3 Å². The molecule has 0 spiro atoms. The fourth-order valence-corrected chi connectivity index (χ4v) is 7.15. The average Bonchev–Trinajstić information content (AvgIpc) is 3.75. The summed E-state index contributed by atoms with van der Waals surface area (Å²) in [5, 5.41) is 15.1. The van der Waals surface area contributed by atoms with Crippen molar-refractivity contribution in [2.75, 3.05) is 26.1 Å². The number of hydrogen-bond donors (Lipinski definition) is 2. The first kappa shape index (κ1) is 32.0. The summed E-state index contributed by atoms with van der Waals surface area (Å²) >= 11 is 2.70. The lowest BCUT2D eigenvalue weighted by molar-refractivity contribution is -0.115. The maximum atomic E-state index is 13.4. The topological polar surface area (TPSA) is 134 Å². The summed E-state index contributed by atoms with van der Waals surface area (Å²) < 4.78 is 17.8. The summed E-state index contributed by atoms with van der Waals surface area (Å²) in [7, 11) is 3.05. The third kappa shape index (κ3) is 7.48. The van der Waals surface area contributed by atoms with Gasteiger partial charge in [-0.25, -0.2) is 4.79 Å². The predicted molar refractivity (Wildman–Crippen MR) is 173 cm³/mol. The molecule has 0 bridgehead atoms. The van der Waals surface area contributed by atoms with Gasteiger partial charge in [-0.05, 0) is 56.4 Å². The van der Waals surface area contributed by atoms with Crippen molar-refractivity contribution in [2.24, 2.45) is 0 Å². The zero-order chi connectivity index (χ0) is 31.9. The lowest BCUT2D eigenvalue weighted by atomic mass is 10.1. The highest BCUT2D eigenvalue weighted by molar-refractivity contribution is 8.00. The molecule has 2 N–H and O–H groups in total. The van der Waals surface area contributed by atoms with Crippen molar-refractivity contribution in [3.05, 3.63) is 81.5 Å². The van der Waals surface area contributed by atoms with Crippen molar-refractivity contribution >= 4 is 45.9 Å². The van der Waals surface area contributed by atoms with E-state index in [0.29, 0.717) is 45.2 Å². The van der Waals surface area contributed by atoms with Gasteiger partial charge in [0.25, 0.3) is 5.91 Å². The number of carbonyl (C=O) groups is 3. The van der Waals surface area contributed by atoms with Crippen LogP contribution in [0, 0.1) is 0 Å². The first-order chi connectivity index (χ1) is 21.8. The van der Waals surface area contributed by atoms with E-state index in [0.717, 1.165) is 35.3 Å². The van der Waals surface area contributed by atoms with Crippen LogP contribution in [-0.4, -0.2) is 58.6 Å². The van der Waals surface area contributed by atoms with Crippen molar-refractivity contribution in [3.63, 3.8) is 0 Å². The van der Waals surface area contributed by atoms with E-state index < -0.39 is 11.2 Å². The first-order valence-corrected chi connectivity index (χ1v) is 16.3. The number of esters is 1. The summed E-state index contributed by atoms with van der Waals surface area (Å²) in [6.07, 6.45) is 2.68. The molecule has 13 heteroatoms. The maximum Gasteiger partial charge on any atom is 0.341 e. The molecule has 1 aliphatic rings. The number of nitrogens with one attached hydrogen (secondary N) is 2. The fourth-order valence-electron chi connectivity index (χ4n) is 5.00. The van der Waals surface area contributed by atoms with E-state index in [1.807, 2.05) is 34.9 Å². The molecule has 45 heavy (non-hydrogen) atoms. The van der Waals surface area contributed by atoms with Gasteiger partial charge in [0.1, 0.15) is 16.5 Å². The highest BCUT2D eigenvalue weighted by Crippen LogP contribution is 2.40. The number of ether oxygens (including phenoxy) is 3. The number of hydrogen-bond acceptors (Lipinski definition) is 10. The van der Waals surface area contributed by atoms with Crippen molar-refractivity contribution in [3.8, 4) is 11.5 Å². The molecular formula is C32H35N5O6S2. The van der Waals surface area contributed by atoms with Crippen LogP contribution in [0.1, 0.15) is 62.8 Å². The molecule has 1 aliphatic carbocycles. The lowest BCUT2D eigenvalue weighted by Crippen LogP contribution is -2.26. The van der Waals surface area contributed by atoms with Gasteiger partial charge in [0, 0.05) is 16.5 Å². The van der Waals surface area contributed by atoms with Gasteiger partial charge in [-0.3, -0.25) is 9.59 Å². The first-order valence-electron chi connectivity index (χ1n) is 14.6. The second kappa shape index (κ2) is 14.6. The van der Waals surface area contributed by atoms with Gasteiger partial charge < -0.3 is 29.4 Å². The minimum atomic E-state index is -0.567. The highest BCUT2D eigenvalue weighted by atomic mass is 32.2. The van der Waals surface area contributed by atoms with Gasteiger partial charge in [0.05, 0.1) is 44.7 Å². The molecule has 0 radical (unpaired) electrons. The summed E-state index contributed by atoms with van der Waals surface area (Å²) in [4.78, 5) is 40.4. The number of aromatic nitrogens is 3. The second-order valence-electron chi connectivity index (χ2n) is 10.3. The number of nitrogens with zero attached hydrogens (tertiary/aromatic N) is 3. The molecular weight excluding hydrogens is 615 g/mol. The average molecular weight is 650 g/mol. The zero-order valence-corrected chi connectivity index (χ0v) is 27.2. The molecule has 11 nitrogen and oxygen atoms in total. The van der Waals surface area contributed by atoms with Crippen LogP contribution in [0.2, 0.25) is 0 Å². The molecule has 1 atom stereocenters.